The van der Waals surface area contributed by atoms with Crippen LogP contribution in [0.25, 0.3) is 28.8 Å². The number of allylic oxidation sites excluding steroid dienone is 4. The molecule has 1 unspecified atom stereocenters. The van der Waals surface area contributed by atoms with Gasteiger partial charge in [0.1, 0.15) is 6.29 Å². The van der Waals surface area contributed by atoms with E-state index in [0.29, 0.717) is 18.9 Å². The van der Waals surface area contributed by atoms with Gasteiger partial charge in [0.05, 0.1) is 30.1 Å². The van der Waals surface area contributed by atoms with Gasteiger partial charge in [-0.3, -0.25) is 0 Å². The lowest BCUT2D eigenvalue weighted by atomic mass is 9.91. The van der Waals surface area contributed by atoms with Crippen molar-refractivity contribution in [1.82, 2.24) is 9.88 Å². The average molecular weight is 505 g/mol. The molecule has 190 valence electrons. The number of methoxy groups -OCH3 is 1. The third-order valence-corrected chi connectivity index (χ3v) is 7.23. The first kappa shape index (κ1) is 23.9. The fourth-order valence-electron chi connectivity index (χ4n) is 5.28. The summed E-state index contributed by atoms with van der Waals surface area (Å²) in [7, 11) is 1.66. The van der Waals surface area contributed by atoms with E-state index in [-0.39, 0.29) is 12.7 Å². The second-order valence-electron chi connectivity index (χ2n) is 9.56. The lowest BCUT2D eigenvalue weighted by molar-refractivity contribution is -0.109. The van der Waals surface area contributed by atoms with Crippen molar-refractivity contribution in [3.8, 4) is 11.5 Å². The third-order valence-electron chi connectivity index (χ3n) is 7.23. The highest BCUT2D eigenvalue weighted by molar-refractivity contribution is 5.96. The van der Waals surface area contributed by atoms with Crippen LogP contribution in [0.15, 0.2) is 84.1 Å². The van der Waals surface area contributed by atoms with Crippen LogP contribution in [0.3, 0.4) is 0 Å². The number of aromatic nitrogens is 1. The Morgan fingerprint density at radius 1 is 1.13 bits per heavy atom. The summed E-state index contributed by atoms with van der Waals surface area (Å²) in [6.07, 6.45) is 11.3. The molecule has 1 aromatic heterocycles. The molecule has 2 aromatic carbocycles. The van der Waals surface area contributed by atoms with Crippen LogP contribution in [0.5, 0.6) is 11.5 Å². The summed E-state index contributed by atoms with van der Waals surface area (Å²) < 4.78 is 16.8. The Morgan fingerprint density at radius 3 is 2.66 bits per heavy atom. The van der Waals surface area contributed by atoms with Gasteiger partial charge in [-0.05, 0) is 28.8 Å². The predicted molar refractivity (Wildman–Crippen MR) is 149 cm³/mol. The van der Waals surface area contributed by atoms with E-state index in [0.717, 1.165) is 67.9 Å². The second kappa shape index (κ2) is 9.80. The van der Waals surface area contributed by atoms with Gasteiger partial charge in [0, 0.05) is 41.3 Å². The van der Waals surface area contributed by atoms with Crippen LogP contribution in [0.2, 0.25) is 0 Å². The number of benzene rings is 2. The molecule has 6 rings (SSSR count). The Bertz CT molecular complexity index is 1580. The molecule has 0 fully saturated rings. The monoisotopic (exact) mass is 504 g/mol. The van der Waals surface area contributed by atoms with Crippen LogP contribution in [0.1, 0.15) is 29.3 Å². The topological polar surface area (TPSA) is 60.9 Å². The van der Waals surface area contributed by atoms with Gasteiger partial charge < -0.3 is 23.9 Å². The fraction of sp³-hybridized carbons (Fsp3) is 0.188. The van der Waals surface area contributed by atoms with Crippen molar-refractivity contribution >= 4 is 35.0 Å². The molecule has 3 aromatic rings. The minimum Gasteiger partial charge on any atom is -0.454 e. The van der Waals surface area contributed by atoms with Crippen molar-refractivity contribution in [3.05, 3.63) is 106 Å². The first-order chi connectivity index (χ1) is 18.6. The molecule has 0 N–H and O–H groups in total. The number of carbonyl (C=O) groups excluding carboxylic acids is 1. The molecule has 1 atom stereocenters. The van der Waals surface area contributed by atoms with Crippen LogP contribution in [-0.2, 0) is 16.1 Å². The summed E-state index contributed by atoms with van der Waals surface area (Å²) in [6.45, 7) is 7.51. The fourth-order valence-corrected chi connectivity index (χ4v) is 5.28. The van der Waals surface area contributed by atoms with Crippen LogP contribution in [-0.4, -0.2) is 36.7 Å². The van der Waals surface area contributed by atoms with Gasteiger partial charge in [-0.15, -0.1) is 0 Å². The molecule has 0 radical (unpaired) electrons. The zero-order chi connectivity index (χ0) is 26.2. The molecule has 0 saturated heterocycles. The highest BCUT2D eigenvalue weighted by Gasteiger charge is 2.35. The van der Waals surface area contributed by atoms with Crippen molar-refractivity contribution in [2.45, 2.75) is 13.5 Å². The van der Waals surface area contributed by atoms with Crippen LogP contribution >= 0.6 is 0 Å². The largest absolute Gasteiger partial charge is 0.454 e. The molecule has 6 nitrogen and oxygen atoms in total. The molecule has 0 amide bonds. The van der Waals surface area contributed by atoms with Gasteiger partial charge in [0.25, 0.3) is 0 Å². The molecule has 4 heterocycles. The van der Waals surface area contributed by atoms with Gasteiger partial charge >= 0.3 is 0 Å². The number of ether oxygens (including phenoxy) is 3. The highest BCUT2D eigenvalue weighted by atomic mass is 16.7. The van der Waals surface area contributed by atoms with Crippen molar-refractivity contribution in [1.29, 1.82) is 0 Å². The molecular formula is C32H28N2O4. The Morgan fingerprint density at radius 2 is 1.89 bits per heavy atom. The summed E-state index contributed by atoms with van der Waals surface area (Å²) in [5.74, 6) is 1.13. The smallest absolute Gasteiger partial charge is 0.231 e. The van der Waals surface area contributed by atoms with Gasteiger partial charge in [-0.1, -0.05) is 68.1 Å². The van der Waals surface area contributed by atoms with E-state index in [4.69, 9.17) is 19.2 Å². The number of pyridine rings is 1. The van der Waals surface area contributed by atoms with Gasteiger partial charge in [-0.2, -0.15) is 0 Å². The Kier molecular flexibility index (Phi) is 6.18. The second-order valence-corrected chi connectivity index (χ2v) is 9.56. The molecule has 6 heteroatoms. The standard InChI is InChI=1S/C32H28N2O4/c1-20(17-35)24-13-29-32-26(16-34(29)21(2)27(24)18-36-3)23(12-8-7-11-22-9-5-4-6-10-22)25-14-30-31(38-19-37-30)15-28(25)33-32/h4-15,17,20H,2,16,18-19H2,1,3H3/b11-7+,12-8+. The quantitative estimate of drug-likeness (QED) is 0.284. The van der Waals surface area contributed by atoms with E-state index < -0.39 is 0 Å². The molecule has 0 saturated carbocycles. The number of rotatable bonds is 7. The summed E-state index contributed by atoms with van der Waals surface area (Å²) in [6, 6.07) is 14.2. The molecule has 3 aliphatic rings. The zero-order valence-corrected chi connectivity index (χ0v) is 21.4. The number of hydrogen-bond donors (Lipinski definition) is 0. The lowest BCUT2D eigenvalue weighted by Crippen LogP contribution is -2.24. The Labute approximate surface area is 221 Å². The van der Waals surface area contributed by atoms with E-state index in [9.17, 15) is 4.79 Å². The minimum absolute atomic E-state index is 0.203. The minimum atomic E-state index is -0.285. The number of hydrogen-bond acceptors (Lipinski definition) is 6. The Balaban J connectivity index is 1.51. The predicted octanol–water partition coefficient (Wildman–Crippen LogP) is 6.15. The normalized spacial score (nSPS) is 16.9. The maximum absolute atomic E-state index is 11.8. The van der Waals surface area contributed by atoms with E-state index in [1.165, 1.54) is 0 Å². The molecular weight excluding hydrogens is 476 g/mol. The lowest BCUT2D eigenvalue weighted by Gasteiger charge is -2.31. The van der Waals surface area contributed by atoms with Gasteiger partial charge in [-0.25, -0.2) is 4.98 Å². The van der Waals surface area contributed by atoms with E-state index in [1.54, 1.807) is 7.11 Å². The summed E-state index contributed by atoms with van der Waals surface area (Å²) in [5, 5.41) is 0.995. The van der Waals surface area contributed by atoms with Crippen LogP contribution < -0.4 is 9.47 Å². The number of carbonyl (C=O) groups is 1. The van der Waals surface area contributed by atoms with E-state index >= 15 is 0 Å². The Hall–Kier alpha value is -4.42. The zero-order valence-electron chi connectivity index (χ0n) is 21.4. The maximum Gasteiger partial charge on any atom is 0.231 e. The van der Waals surface area contributed by atoms with Crippen LogP contribution in [0.4, 0.5) is 0 Å². The van der Waals surface area contributed by atoms with Crippen molar-refractivity contribution < 1.29 is 19.0 Å². The first-order valence-corrected chi connectivity index (χ1v) is 12.6. The van der Waals surface area contributed by atoms with Gasteiger partial charge in [0.15, 0.2) is 11.5 Å². The van der Waals surface area contributed by atoms with Crippen molar-refractivity contribution in [2.24, 2.45) is 5.92 Å². The molecule has 3 aliphatic heterocycles. The van der Waals surface area contributed by atoms with Crippen molar-refractivity contribution in [2.75, 3.05) is 20.5 Å². The van der Waals surface area contributed by atoms with Gasteiger partial charge in [0.2, 0.25) is 6.79 Å². The third kappa shape index (κ3) is 4.03. The molecule has 38 heavy (non-hydrogen) atoms. The van der Waals surface area contributed by atoms with E-state index in [1.807, 2.05) is 43.3 Å². The number of aldehydes is 1. The number of fused-ring (bicyclic) bond motifs is 5. The summed E-state index contributed by atoms with van der Waals surface area (Å²) >= 11 is 0. The molecule has 0 bridgehead atoms. The molecule has 0 spiro atoms. The average Bonchev–Trinajstić information content (AvgIpc) is 3.55. The number of nitrogens with zero attached hydrogens (tertiary/aromatic N) is 2. The SMILES string of the molecule is C=C1C(COC)=C(C(C)C=O)C=C2c3nc4cc5c(cc4c(/C=C/C=C/c4ccccc4)c3CN12)OCO5. The maximum atomic E-state index is 11.8. The van der Waals surface area contributed by atoms with Crippen molar-refractivity contribution in [3.63, 3.8) is 0 Å². The van der Waals surface area contributed by atoms with E-state index in [2.05, 4.69) is 47.9 Å². The molecule has 0 aliphatic carbocycles. The summed E-state index contributed by atoms with van der Waals surface area (Å²) in [5.41, 5.74) is 8.66. The first-order valence-electron chi connectivity index (χ1n) is 12.6. The highest BCUT2D eigenvalue weighted by Crippen LogP contribution is 2.46. The summed E-state index contributed by atoms with van der Waals surface area (Å²) in [4.78, 5) is 19.0. The van der Waals surface area contributed by atoms with Crippen LogP contribution in [0, 0.1) is 5.92 Å².